The predicted octanol–water partition coefficient (Wildman–Crippen LogP) is 3.27. The Kier molecular flexibility index (Phi) is 4.15. The molecule has 0 aliphatic rings. The number of imidazole rings is 1. The lowest BCUT2D eigenvalue weighted by Crippen LogP contribution is -2.22. The van der Waals surface area contributed by atoms with Gasteiger partial charge >= 0.3 is 0 Å². The molecule has 0 fully saturated rings. The van der Waals surface area contributed by atoms with E-state index >= 15 is 0 Å². The van der Waals surface area contributed by atoms with Gasteiger partial charge in [0.2, 0.25) is 0 Å². The van der Waals surface area contributed by atoms with Gasteiger partial charge in [-0.3, -0.25) is 0 Å². The van der Waals surface area contributed by atoms with Crippen LogP contribution in [0.5, 0.6) is 0 Å². The number of aromatic nitrogens is 2. The van der Waals surface area contributed by atoms with Crippen molar-refractivity contribution in [1.29, 1.82) is 0 Å². The zero-order valence-corrected chi connectivity index (χ0v) is 11.3. The summed E-state index contributed by atoms with van der Waals surface area (Å²) in [5.41, 5.74) is 4.08. The first-order valence-corrected chi connectivity index (χ1v) is 6.50. The average molecular weight is 243 g/mol. The van der Waals surface area contributed by atoms with E-state index in [1.807, 2.05) is 6.20 Å². The molecule has 2 aromatic rings. The summed E-state index contributed by atoms with van der Waals surface area (Å²) >= 11 is 0. The molecule has 0 saturated heterocycles. The third kappa shape index (κ3) is 2.79. The summed E-state index contributed by atoms with van der Waals surface area (Å²) in [4.78, 5) is 7.51. The van der Waals surface area contributed by atoms with Crippen molar-refractivity contribution in [3.8, 4) is 0 Å². The number of hydrogen-bond donors (Lipinski definition) is 2. The van der Waals surface area contributed by atoms with Gasteiger partial charge in [0.15, 0.2) is 0 Å². The predicted molar refractivity (Wildman–Crippen MR) is 74.4 cm³/mol. The van der Waals surface area contributed by atoms with Crippen molar-refractivity contribution < 1.29 is 0 Å². The first kappa shape index (κ1) is 12.8. The van der Waals surface area contributed by atoms with Crippen molar-refractivity contribution >= 4 is 0 Å². The lowest BCUT2D eigenvalue weighted by molar-refractivity contribution is 0.496. The molecule has 0 radical (unpaired) electrons. The van der Waals surface area contributed by atoms with Crippen molar-refractivity contribution in [1.82, 2.24) is 15.3 Å². The molecule has 2 N–H and O–H groups in total. The highest BCUT2D eigenvalue weighted by atomic mass is 15.0. The zero-order valence-electron chi connectivity index (χ0n) is 11.3. The molecular formula is C15H21N3. The number of nitrogens with one attached hydrogen (secondary N) is 2. The number of benzene rings is 1. The first-order valence-electron chi connectivity index (χ1n) is 6.50. The molecule has 1 atom stereocenters. The van der Waals surface area contributed by atoms with Crippen LogP contribution in [-0.2, 0) is 6.54 Å². The summed E-state index contributed by atoms with van der Waals surface area (Å²) in [5, 5.41) is 3.58. The van der Waals surface area contributed by atoms with Crippen LogP contribution in [0.1, 0.15) is 41.9 Å². The van der Waals surface area contributed by atoms with E-state index in [2.05, 4.69) is 54.3 Å². The highest BCUT2D eigenvalue weighted by Gasteiger charge is 2.11. The van der Waals surface area contributed by atoms with Gasteiger partial charge in [0, 0.05) is 18.9 Å². The maximum atomic E-state index is 4.33. The third-order valence-corrected chi connectivity index (χ3v) is 3.43. The van der Waals surface area contributed by atoms with E-state index in [0.29, 0.717) is 6.04 Å². The van der Waals surface area contributed by atoms with E-state index < -0.39 is 0 Å². The Morgan fingerprint density at radius 3 is 2.56 bits per heavy atom. The summed E-state index contributed by atoms with van der Waals surface area (Å²) in [6.45, 7) is 7.39. The fraction of sp³-hybridized carbons (Fsp3) is 0.400. The minimum absolute atomic E-state index is 0.291. The Balaban J connectivity index is 2.06. The van der Waals surface area contributed by atoms with Gasteiger partial charge in [0.25, 0.3) is 0 Å². The van der Waals surface area contributed by atoms with Crippen LogP contribution < -0.4 is 5.32 Å². The molecule has 0 spiro atoms. The minimum Gasteiger partial charge on any atom is -0.347 e. The number of rotatable bonds is 5. The van der Waals surface area contributed by atoms with Crippen molar-refractivity contribution in [3.63, 3.8) is 0 Å². The second-order valence-corrected chi connectivity index (χ2v) is 4.69. The third-order valence-electron chi connectivity index (χ3n) is 3.43. The van der Waals surface area contributed by atoms with Crippen LogP contribution in [0.15, 0.2) is 30.6 Å². The van der Waals surface area contributed by atoms with E-state index in [-0.39, 0.29) is 0 Å². The smallest absolute Gasteiger partial charge is 0.123 e. The van der Waals surface area contributed by atoms with Crippen molar-refractivity contribution in [2.45, 2.75) is 39.8 Å². The standard InChI is InChI=1S/C15H21N3/c1-4-14(15-16-8-9-17-15)18-10-13-11(2)6-5-7-12(13)3/h5-9,14,18H,4,10H2,1-3H3,(H,16,17). The largest absolute Gasteiger partial charge is 0.347 e. The molecule has 2 rings (SSSR count). The molecule has 0 amide bonds. The van der Waals surface area contributed by atoms with E-state index in [9.17, 15) is 0 Å². The second-order valence-electron chi connectivity index (χ2n) is 4.69. The lowest BCUT2D eigenvalue weighted by Gasteiger charge is -2.17. The SMILES string of the molecule is CCC(NCc1c(C)cccc1C)c1ncc[nH]1. The fourth-order valence-electron chi connectivity index (χ4n) is 2.26. The number of aryl methyl sites for hydroxylation is 2. The van der Waals surface area contributed by atoms with Gasteiger partial charge in [-0.2, -0.15) is 0 Å². The topological polar surface area (TPSA) is 40.7 Å². The highest BCUT2D eigenvalue weighted by molar-refractivity contribution is 5.33. The zero-order chi connectivity index (χ0) is 13.0. The van der Waals surface area contributed by atoms with Crippen molar-refractivity contribution in [3.05, 3.63) is 53.1 Å². The fourth-order valence-corrected chi connectivity index (χ4v) is 2.26. The Bertz CT molecular complexity index is 468. The van der Waals surface area contributed by atoms with Crippen molar-refractivity contribution in [2.75, 3.05) is 0 Å². The maximum absolute atomic E-state index is 4.33. The van der Waals surface area contributed by atoms with Gasteiger partial charge in [-0.05, 0) is 37.0 Å². The molecule has 1 aromatic carbocycles. The molecular weight excluding hydrogens is 222 g/mol. The van der Waals surface area contributed by atoms with Gasteiger partial charge in [0.1, 0.15) is 5.82 Å². The van der Waals surface area contributed by atoms with E-state index in [0.717, 1.165) is 18.8 Å². The monoisotopic (exact) mass is 243 g/mol. The lowest BCUT2D eigenvalue weighted by atomic mass is 10.0. The Labute approximate surface area is 109 Å². The molecule has 0 aliphatic heterocycles. The van der Waals surface area contributed by atoms with Crippen LogP contribution in [0.25, 0.3) is 0 Å². The summed E-state index contributed by atoms with van der Waals surface area (Å²) in [6, 6.07) is 6.73. The van der Waals surface area contributed by atoms with Crippen LogP contribution >= 0.6 is 0 Å². The normalized spacial score (nSPS) is 12.6. The van der Waals surface area contributed by atoms with Crippen LogP contribution in [0.4, 0.5) is 0 Å². The molecule has 0 aliphatic carbocycles. The number of H-pyrrole nitrogens is 1. The molecule has 0 saturated carbocycles. The number of hydrogen-bond acceptors (Lipinski definition) is 2. The molecule has 96 valence electrons. The summed E-state index contributed by atoms with van der Waals surface area (Å²) < 4.78 is 0. The van der Waals surface area contributed by atoms with Crippen LogP contribution in [0.3, 0.4) is 0 Å². The minimum atomic E-state index is 0.291. The van der Waals surface area contributed by atoms with E-state index in [1.54, 1.807) is 6.20 Å². The van der Waals surface area contributed by atoms with Crippen molar-refractivity contribution in [2.24, 2.45) is 0 Å². The van der Waals surface area contributed by atoms with Gasteiger partial charge < -0.3 is 10.3 Å². The van der Waals surface area contributed by atoms with Crippen LogP contribution in [-0.4, -0.2) is 9.97 Å². The van der Waals surface area contributed by atoms with Gasteiger partial charge in [-0.15, -0.1) is 0 Å². The maximum Gasteiger partial charge on any atom is 0.123 e. The van der Waals surface area contributed by atoms with E-state index in [1.165, 1.54) is 16.7 Å². The average Bonchev–Trinajstić information content (AvgIpc) is 2.87. The van der Waals surface area contributed by atoms with Gasteiger partial charge in [-0.1, -0.05) is 25.1 Å². The molecule has 1 unspecified atom stereocenters. The molecule has 1 heterocycles. The Morgan fingerprint density at radius 1 is 1.28 bits per heavy atom. The molecule has 1 aromatic heterocycles. The number of aromatic amines is 1. The number of nitrogens with zero attached hydrogens (tertiary/aromatic N) is 1. The van der Waals surface area contributed by atoms with Crippen LogP contribution in [0, 0.1) is 13.8 Å². The summed E-state index contributed by atoms with van der Waals surface area (Å²) in [6.07, 6.45) is 4.70. The molecule has 3 heteroatoms. The molecule has 0 bridgehead atoms. The Morgan fingerprint density at radius 2 is 2.00 bits per heavy atom. The van der Waals surface area contributed by atoms with E-state index in [4.69, 9.17) is 0 Å². The highest BCUT2D eigenvalue weighted by Crippen LogP contribution is 2.16. The van der Waals surface area contributed by atoms with Crippen LogP contribution in [0.2, 0.25) is 0 Å². The van der Waals surface area contributed by atoms with Gasteiger partial charge in [0.05, 0.1) is 6.04 Å². The molecule has 3 nitrogen and oxygen atoms in total. The second kappa shape index (κ2) is 5.83. The van der Waals surface area contributed by atoms with Gasteiger partial charge in [-0.25, -0.2) is 4.98 Å². The first-order chi connectivity index (χ1) is 8.72. The Hall–Kier alpha value is -1.61. The summed E-state index contributed by atoms with van der Waals surface area (Å²) in [5.74, 6) is 1.02. The molecule has 18 heavy (non-hydrogen) atoms. The quantitative estimate of drug-likeness (QED) is 0.846. The summed E-state index contributed by atoms with van der Waals surface area (Å²) in [7, 11) is 0.